The van der Waals surface area contributed by atoms with Crippen LogP contribution in [-0.2, 0) is 21.4 Å². The van der Waals surface area contributed by atoms with E-state index in [1.807, 2.05) is 4.90 Å². The number of aromatic nitrogens is 2. The van der Waals surface area contributed by atoms with E-state index in [1.165, 1.54) is 23.9 Å². The highest BCUT2D eigenvalue weighted by Gasteiger charge is 2.26. The first kappa shape index (κ1) is 22.1. The number of imidazole rings is 1. The van der Waals surface area contributed by atoms with Crippen molar-refractivity contribution >= 4 is 38.7 Å². The van der Waals surface area contributed by atoms with Gasteiger partial charge < -0.3 is 9.47 Å². The first-order chi connectivity index (χ1) is 13.7. The molecule has 160 valence electrons. The molecule has 1 saturated heterocycles. The summed E-state index contributed by atoms with van der Waals surface area (Å²) in [6.07, 6.45) is 3.17. The van der Waals surface area contributed by atoms with Crippen LogP contribution in [-0.4, -0.2) is 47.6 Å². The number of sulfonamides is 1. The van der Waals surface area contributed by atoms with E-state index in [2.05, 4.69) is 30.3 Å². The van der Waals surface area contributed by atoms with Gasteiger partial charge in [-0.05, 0) is 42.9 Å². The topological polar surface area (TPSA) is 98.3 Å². The lowest BCUT2D eigenvalue weighted by molar-refractivity contribution is -0.130. The zero-order valence-electron chi connectivity index (χ0n) is 17.3. The maximum Gasteiger partial charge on any atom is 0.238 e. The average molecular weight is 439 g/mol. The summed E-state index contributed by atoms with van der Waals surface area (Å²) >= 11 is 1.42. The normalized spacial score (nSPS) is 20.3. The third-order valence-electron chi connectivity index (χ3n) is 5.29. The fraction of sp³-hybridized carbons (Fsp3) is 0.600. The van der Waals surface area contributed by atoms with E-state index in [0.717, 1.165) is 49.6 Å². The summed E-state index contributed by atoms with van der Waals surface area (Å²) in [4.78, 5) is 19.4. The van der Waals surface area contributed by atoms with Gasteiger partial charge in [0.05, 0.1) is 21.7 Å². The summed E-state index contributed by atoms with van der Waals surface area (Å²) in [7, 11) is -3.78. The molecule has 2 N–H and O–H groups in total. The van der Waals surface area contributed by atoms with E-state index in [4.69, 9.17) is 5.14 Å². The van der Waals surface area contributed by atoms with Gasteiger partial charge in [-0.2, -0.15) is 0 Å². The number of hydrogen-bond donors (Lipinski definition) is 1. The number of benzene rings is 1. The number of carbonyl (C=O) groups excluding carboxylic acids is 1. The van der Waals surface area contributed by atoms with Gasteiger partial charge in [-0.25, -0.2) is 18.5 Å². The Kier molecular flexibility index (Phi) is 6.90. The van der Waals surface area contributed by atoms with Crippen LogP contribution in [0.1, 0.15) is 40.0 Å². The molecule has 2 aromatic rings. The lowest BCUT2D eigenvalue weighted by Gasteiger charge is -2.35. The summed E-state index contributed by atoms with van der Waals surface area (Å²) < 4.78 is 25.4. The zero-order chi connectivity index (χ0) is 21.2. The molecule has 7 nitrogen and oxygen atoms in total. The van der Waals surface area contributed by atoms with Crippen LogP contribution in [0.2, 0.25) is 0 Å². The second kappa shape index (κ2) is 9.06. The third-order valence-corrected chi connectivity index (χ3v) is 7.17. The minimum atomic E-state index is -3.78. The highest BCUT2D eigenvalue weighted by atomic mass is 32.2. The predicted octanol–water partition coefficient (Wildman–Crippen LogP) is 3.08. The van der Waals surface area contributed by atoms with Crippen LogP contribution in [0.15, 0.2) is 28.3 Å². The van der Waals surface area contributed by atoms with E-state index in [1.54, 1.807) is 6.07 Å². The van der Waals surface area contributed by atoms with Gasteiger partial charge in [0.15, 0.2) is 5.16 Å². The predicted molar refractivity (Wildman–Crippen MR) is 116 cm³/mol. The van der Waals surface area contributed by atoms with E-state index < -0.39 is 10.0 Å². The van der Waals surface area contributed by atoms with E-state index in [0.29, 0.717) is 23.1 Å². The second-order valence-electron chi connectivity index (χ2n) is 8.13. The summed E-state index contributed by atoms with van der Waals surface area (Å²) in [5.74, 6) is 1.52. The van der Waals surface area contributed by atoms with Gasteiger partial charge in [-0.15, -0.1) is 0 Å². The molecule has 0 aliphatic carbocycles. The van der Waals surface area contributed by atoms with Gasteiger partial charge in [-0.3, -0.25) is 4.79 Å². The van der Waals surface area contributed by atoms with Crippen LogP contribution in [0.25, 0.3) is 11.0 Å². The van der Waals surface area contributed by atoms with Crippen molar-refractivity contribution < 1.29 is 13.2 Å². The minimum Gasteiger partial charge on any atom is -0.341 e. The number of nitrogens with zero attached hydrogens (tertiary/aromatic N) is 3. The molecule has 1 aliphatic rings. The molecule has 1 fully saturated rings. The molecule has 29 heavy (non-hydrogen) atoms. The minimum absolute atomic E-state index is 0.0501. The molecule has 2 atom stereocenters. The lowest BCUT2D eigenvalue weighted by Crippen LogP contribution is -2.43. The Morgan fingerprint density at radius 3 is 2.59 bits per heavy atom. The van der Waals surface area contributed by atoms with E-state index >= 15 is 0 Å². The number of rotatable bonds is 7. The Morgan fingerprint density at radius 1 is 1.28 bits per heavy atom. The van der Waals surface area contributed by atoms with Crippen molar-refractivity contribution in [3.8, 4) is 0 Å². The molecule has 3 rings (SSSR count). The molecule has 1 amide bonds. The fourth-order valence-corrected chi connectivity index (χ4v) is 5.47. The van der Waals surface area contributed by atoms with Crippen LogP contribution >= 0.6 is 11.8 Å². The number of likely N-dealkylation sites (tertiary alicyclic amines) is 1. The van der Waals surface area contributed by atoms with Crippen LogP contribution in [0.3, 0.4) is 0 Å². The molecular formula is C20H30N4O3S2. The zero-order valence-corrected chi connectivity index (χ0v) is 18.9. The smallest absolute Gasteiger partial charge is 0.238 e. The number of nitrogens with two attached hydrogens (primary N) is 1. The maximum absolute atomic E-state index is 12.8. The number of primary sulfonamides is 1. The standard InChI is InChI=1S/C20H30N4O3S2/c1-4-5-8-24-18-7-6-16(29(21,26)27)10-17(18)22-20(24)28-13-19(25)23-11-14(2)9-15(3)12-23/h6-7,10,14-15H,4-5,8-9,11-13H2,1-3H3,(H2,21,26,27)/t14-,15+. The van der Waals surface area contributed by atoms with Crippen LogP contribution in [0.4, 0.5) is 0 Å². The highest BCUT2D eigenvalue weighted by Crippen LogP contribution is 2.28. The van der Waals surface area contributed by atoms with Crippen molar-refractivity contribution in [2.75, 3.05) is 18.8 Å². The average Bonchev–Trinajstić information content (AvgIpc) is 2.99. The molecule has 1 aromatic heterocycles. The monoisotopic (exact) mass is 438 g/mol. The molecule has 0 spiro atoms. The SMILES string of the molecule is CCCCn1c(SCC(=O)N2C[C@H](C)C[C@H](C)C2)nc2cc(S(N)(=O)=O)ccc21. The van der Waals surface area contributed by atoms with Crippen molar-refractivity contribution in [2.45, 2.75) is 56.6 Å². The van der Waals surface area contributed by atoms with Crippen molar-refractivity contribution in [2.24, 2.45) is 17.0 Å². The number of fused-ring (bicyclic) bond motifs is 1. The van der Waals surface area contributed by atoms with Gasteiger partial charge >= 0.3 is 0 Å². The number of aryl methyl sites for hydroxylation is 1. The number of amides is 1. The third kappa shape index (κ3) is 5.32. The highest BCUT2D eigenvalue weighted by molar-refractivity contribution is 7.99. The Labute approximate surface area is 177 Å². The maximum atomic E-state index is 12.8. The van der Waals surface area contributed by atoms with Crippen molar-refractivity contribution in [1.29, 1.82) is 0 Å². The molecule has 2 heterocycles. The van der Waals surface area contributed by atoms with Gasteiger partial charge in [0.25, 0.3) is 0 Å². The number of thioether (sulfide) groups is 1. The fourth-order valence-electron chi connectivity index (χ4n) is 3.99. The molecule has 0 unspecified atom stereocenters. The van der Waals surface area contributed by atoms with Crippen LogP contribution in [0.5, 0.6) is 0 Å². The second-order valence-corrected chi connectivity index (χ2v) is 10.6. The van der Waals surface area contributed by atoms with Gasteiger partial charge in [0.2, 0.25) is 15.9 Å². The lowest BCUT2D eigenvalue weighted by atomic mass is 9.92. The van der Waals surface area contributed by atoms with Crippen molar-refractivity contribution in [1.82, 2.24) is 14.5 Å². The summed E-state index contributed by atoms with van der Waals surface area (Å²) in [6.45, 7) is 8.90. The van der Waals surface area contributed by atoms with Crippen molar-refractivity contribution in [3.05, 3.63) is 18.2 Å². The number of hydrogen-bond acceptors (Lipinski definition) is 5. The Balaban J connectivity index is 1.82. The van der Waals surface area contributed by atoms with Gasteiger partial charge in [0.1, 0.15) is 0 Å². The Hall–Kier alpha value is -1.58. The molecule has 0 radical (unpaired) electrons. The molecule has 1 aromatic carbocycles. The van der Waals surface area contributed by atoms with Gasteiger partial charge in [0, 0.05) is 19.6 Å². The van der Waals surface area contributed by atoms with E-state index in [-0.39, 0.29) is 10.8 Å². The summed E-state index contributed by atoms with van der Waals surface area (Å²) in [6, 6.07) is 4.77. The largest absolute Gasteiger partial charge is 0.341 e. The number of unbranched alkanes of at least 4 members (excludes halogenated alkanes) is 1. The summed E-state index contributed by atoms with van der Waals surface area (Å²) in [5, 5.41) is 6.00. The van der Waals surface area contributed by atoms with Crippen molar-refractivity contribution in [3.63, 3.8) is 0 Å². The molecule has 1 aliphatic heterocycles. The molecule has 0 saturated carbocycles. The Bertz CT molecular complexity index is 977. The molecule has 9 heteroatoms. The Morgan fingerprint density at radius 2 is 1.97 bits per heavy atom. The van der Waals surface area contributed by atoms with Crippen LogP contribution < -0.4 is 5.14 Å². The first-order valence-corrected chi connectivity index (χ1v) is 12.7. The number of piperidine rings is 1. The first-order valence-electron chi connectivity index (χ1n) is 10.1. The number of carbonyl (C=O) groups is 1. The van der Waals surface area contributed by atoms with Gasteiger partial charge in [-0.1, -0.05) is 39.0 Å². The molecule has 0 bridgehead atoms. The summed E-state index contributed by atoms with van der Waals surface area (Å²) in [5.41, 5.74) is 1.45. The quantitative estimate of drug-likeness (QED) is 0.670. The van der Waals surface area contributed by atoms with Crippen LogP contribution in [0, 0.1) is 11.8 Å². The molecular weight excluding hydrogens is 408 g/mol. The van der Waals surface area contributed by atoms with E-state index in [9.17, 15) is 13.2 Å².